The molecule has 0 amide bonds. The van der Waals surface area contributed by atoms with Crippen molar-refractivity contribution in [2.24, 2.45) is 0 Å². The molecule has 0 aromatic heterocycles. The van der Waals surface area contributed by atoms with Gasteiger partial charge in [0.1, 0.15) is 5.78 Å². The summed E-state index contributed by atoms with van der Waals surface area (Å²) in [6.07, 6.45) is 1.00. The normalized spacial score (nSPS) is 22.2. The van der Waals surface area contributed by atoms with Crippen LogP contribution in [0.15, 0.2) is 29.2 Å². The van der Waals surface area contributed by atoms with Crippen LogP contribution in [-0.2, 0) is 14.8 Å². The van der Waals surface area contributed by atoms with Gasteiger partial charge in [-0.1, -0.05) is 33.6 Å². The molecule has 19 heavy (non-hydrogen) atoms. The second-order valence-electron chi connectivity index (χ2n) is 4.71. The van der Waals surface area contributed by atoms with Gasteiger partial charge in [-0.3, -0.25) is 4.79 Å². The molecular weight excluding hydrogens is 330 g/mol. The van der Waals surface area contributed by atoms with Crippen LogP contribution in [0.3, 0.4) is 0 Å². The number of carbonyl (C=O) groups excluding carboxylic acids is 1. The number of halogens is 1. The number of Topliss-reactive ketones (excluding diaryl/α,β-unsaturated/α-hetero) is 1. The Morgan fingerprint density at radius 2 is 1.89 bits per heavy atom. The predicted molar refractivity (Wildman–Crippen MR) is 76.9 cm³/mol. The molecule has 1 heterocycles. The molecule has 0 radical (unpaired) electrons. The Labute approximate surface area is 122 Å². The summed E-state index contributed by atoms with van der Waals surface area (Å²) in [5.74, 6) is 0.0709. The van der Waals surface area contributed by atoms with Gasteiger partial charge < -0.3 is 0 Å². The molecule has 0 N–H and O–H groups in total. The van der Waals surface area contributed by atoms with E-state index in [2.05, 4.69) is 15.9 Å². The molecule has 1 fully saturated rings. The molecule has 1 aromatic rings. The van der Waals surface area contributed by atoms with Crippen molar-refractivity contribution >= 4 is 31.7 Å². The first-order valence-corrected chi connectivity index (χ1v) is 8.50. The van der Waals surface area contributed by atoms with Crippen molar-refractivity contribution in [2.45, 2.75) is 29.5 Å². The number of alkyl halides is 1. The van der Waals surface area contributed by atoms with Crippen molar-refractivity contribution in [2.75, 3.05) is 13.1 Å². The number of aryl methyl sites for hydroxylation is 1. The van der Waals surface area contributed by atoms with Crippen LogP contribution in [0.5, 0.6) is 0 Å². The van der Waals surface area contributed by atoms with Gasteiger partial charge in [-0.05, 0) is 25.5 Å². The molecule has 1 aromatic carbocycles. The van der Waals surface area contributed by atoms with Crippen LogP contribution in [-0.4, -0.2) is 36.4 Å². The summed E-state index contributed by atoms with van der Waals surface area (Å²) in [5.41, 5.74) is 1.02. The molecule has 0 saturated carbocycles. The molecule has 0 aliphatic carbocycles. The maximum absolute atomic E-state index is 12.5. The quantitative estimate of drug-likeness (QED) is 0.771. The molecule has 0 spiro atoms. The predicted octanol–water partition coefficient (Wildman–Crippen LogP) is 2.11. The van der Waals surface area contributed by atoms with E-state index >= 15 is 0 Å². The van der Waals surface area contributed by atoms with Crippen LogP contribution >= 0.6 is 15.9 Å². The number of rotatable bonds is 2. The van der Waals surface area contributed by atoms with Crippen molar-refractivity contribution < 1.29 is 13.2 Å². The Kier molecular flexibility index (Phi) is 4.43. The zero-order valence-electron chi connectivity index (χ0n) is 10.7. The molecular formula is C13H16BrNO3S. The number of nitrogens with zero attached hydrogens (tertiary/aromatic N) is 1. The highest BCUT2D eigenvalue weighted by molar-refractivity contribution is 9.10. The van der Waals surface area contributed by atoms with E-state index in [4.69, 9.17) is 0 Å². The number of hydrogen-bond acceptors (Lipinski definition) is 3. The fourth-order valence-electron chi connectivity index (χ4n) is 2.04. The lowest BCUT2D eigenvalue weighted by atomic mass is 10.2. The van der Waals surface area contributed by atoms with Crippen molar-refractivity contribution in [3.63, 3.8) is 0 Å². The van der Waals surface area contributed by atoms with Gasteiger partial charge in [0.2, 0.25) is 10.0 Å². The third kappa shape index (κ3) is 3.24. The molecule has 6 heteroatoms. The Bertz CT molecular complexity index is 568. The Morgan fingerprint density at radius 3 is 2.53 bits per heavy atom. The van der Waals surface area contributed by atoms with Gasteiger partial charge in [-0.2, -0.15) is 4.31 Å². The fraction of sp³-hybridized carbons (Fsp3) is 0.462. The summed E-state index contributed by atoms with van der Waals surface area (Å²) in [7, 11) is -3.51. The van der Waals surface area contributed by atoms with Gasteiger partial charge in [0.15, 0.2) is 0 Å². The average Bonchev–Trinajstić information content (AvgIpc) is 2.53. The lowest BCUT2D eigenvalue weighted by Crippen LogP contribution is -2.36. The van der Waals surface area contributed by atoms with Crippen LogP contribution in [0.1, 0.15) is 18.4 Å². The fourth-order valence-corrected chi connectivity index (χ4v) is 4.30. The minimum absolute atomic E-state index is 0.0709. The molecule has 4 nitrogen and oxygen atoms in total. The topological polar surface area (TPSA) is 54.5 Å². The second kappa shape index (κ2) is 5.73. The van der Waals surface area contributed by atoms with Gasteiger partial charge >= 0.3 is 0 Å². The highest BCUT2D eigenvalue weighted by atomic mass is 79.9. The standard InChI is InChI=1S/C13H16BrNO3S/c1-10-4-6-11(7-5-10)19(17,18)15-8-2-3-13(16)12(14)9-15/h4-7,12H,2-3,8-9H2,1H3/t12-/m0/s1. The first kappa shape index (κ1) is 14.7. The monoisotopic (exact) mass is 345 g/mol. The summed E-state index contributed by atoms with van der Waals surface area (Å²) < 4.78 is 26.4. The van der Waals surface area contributed by atoms with Gasteiger partial charge in [0.25, 0.3) is 0 Å². The van der Waals surface area contributed by atoms with Gasteiger partial charge in [-0.25, -0.2) is 8.42 Å². The summed E-state index contributed by atoms with van der Waals surface area (Å²) >= 11 is 3.27. The Morgan fingerprint density at radius 1 is 1.26 bits per heavy atom. The van der Waals surface area contributed by atoms with Gasteiger partial charge in [0.05, 0.1) is 9.72 Å². The summed E-state index contributed by atoms with van der Waals surface area (Å²) in [4.78, 5) is 11.5. The molecule has 1 atom stereocenters. The van der Waals surface area contributed by atoms with E-state index in [1.165, 1.54) is 4.31 Å². The number of carbonyl (C=O) groups is 1. The van der Waals surface area contributed by atoms with E-state index in [0.717, 1.165) is 5.56 Å². The second-order valence-corrected chi connectivity index (χ2v) is 7.76. The van der Waals surface area contributed by atoms with Crippen LogP contribution in [0.25, 0.3) is 0 Å². The lowest BCUT2D eigenvalue weighted by Gasteiger charge is -2.21. The molecule has 1 aliphatic rings. The molecule has 104 valence electrons. The van der Waals surface area contributed by atoms with E-state index < -0.39 is 14.9 Å². The van der Waals surface area contributed by atoms with E-state index in [-0.39, 0.29) is 17.2 Å². The summed E-state index contributed by atoms with van der Waals surface area (Å²) in [6.45, 7) is 2.51. The zero-order valence-corrected chi connectivity index (χ0v) is 13.1. The van der Waals surface area contributed by atoms with Crippen molar-refractivity contribution in [3.8, 4) is 0 Å². The molecule has 1 aliphatic heterocycles. The lowest BCUT2D eigenvalue weighted by molar-refractivity contribution is -0.118. The third-order valence-corrected chi connectivity index (χ3v) is 5.88. The Hall–Kier alpha value is -0.720. The van der Waals surface area contributed by atoms with Crippen molar-refractivity contribution in [3.05, 3.63) is 29.8 Å². The number of ketones is 1. The largest absolute Gasteiger partial charge is 0.298 e. The smallest absolute Gasteiger partial charge is 0.243 e. The summed E-state index contributed by atoms with van der Waals surface area (Å²) in [5, 5.41) is 0. The minimum Gasteiger partial charge on any atom is -0.298 e. The minimum atomic E-state index is -3.51. The molecule has 2 rings (SSSR count). The number of sulfonamides is 1. The van der Waals surface area contributed by atoms with Crippen LogP contribution in [0.2, 0.25) is 0 Å². The van der Waals surface area contributed by atoms with Crippen LogP contribution in [0.4, 0.5) is 0 Å². The maximum Gasteiger partial charge on any atom is 0.243 e. The van der Waals surface area contributed by atoms with Gasteiger partial charge in [-0.15, -0.1) is 0 Å². The van der Waals surface area contributed by atoms with Gasteiger partial charge in [0, 0.05) is 19.5 Å². The highest BCUT2D eigenvalue weighted by Crippen LogP contribution is 2.22. The molecule has 0 unspecified atom stereocenters. The molecule has 0 bridgehead atoms. The Balaban J connectivity index is 2.28. The number of hydrogen-bond donors (Lipinski definition) is 0. The molecule has 1 saturated heterocycles. The van der Waals surface area contributed by atoms with Crippen molar-refractivity contribution in [1.29, 1.82) is 0 Å². The van der Waals surface area contributed by atoms with E-state index in [9.17, 15) is 13.2 Å². The van der Waals surface area contributed by atoms with E-state index in [1.54, 1.807) is 24.3 Å². The first-order chi connectivity index (χ1) is 8.91. The number of benzene rings is 1. The highest BCUT2D eigenvalue weighted by Gasteiger charge is 2.31. The maximum atomic E-state index is 12.5. The summed E-state index contributed by atoms with van der Waals surface area (Å²) in [6, 6.07) is 6.78. The SMILES string of the molecule is Cc1ccc(S(=O)(=O)N2CCCC(=O)[C@@H](Br)C2)cc1. The average molecular weight is 346 g/mol. The van der Waals surface area contributed by atoms with Crippen LogP contribution < -0.4 is 0 Å². The van der Waals surface area contributed by atoms with E-state index in [0.29, 0.717) is 19.4 Å². The van der Waals surface area contributed by atoms with E-state index in [1.807, 2.05) is 6.92 Å². The zero-order chi connectivity index (χ0) is 14.0. The first-order valence-electron chi connectivity index (χ1n) is 6.15. The third-order valence-electron chi connectivity index (χ3n) is 3.20. The van der Waals surface area contributed by atoms with Crippen LogP contribution in [0, 0.1) is 6.92 Å². The van der Waals surface area contributed by atoms with Crippen molar-refractivity contribution in [1.82, 2.24) is 4.31 Å².